The maximum absolute atomic E-state index is 11.5. The first kappa shape index (κ1) is 15.2. The van der Waals surface area contributed by atoms with E-state index in [1.807, 2.05) is 31.4 Å². The summed E-state index contributed by atoms with van der Waals surface area (Å²) >= 11 is 1.48. The Labute approximate surface area is 124 Å². The molecule has 0 aromatic heterocycles. The zero-order chi connectivity index (χ0) is 14.5. The van der Waals surface area contributed by atoms with Gasteiger partial charge < -0.3 is 14.7 Å². The van der Waals surface area contributed by atoms with Gasteiger partial charge in [-0.25, -0.2) is 4.79 Å². The minimum absolute atomic E-state index is 0.313. The lowest BCUT2D eigenvalue weighted by atomic mass is 10.0. The summed E-state index contributed by atoms with van der Waals surface area (Å²) in [6, 6.07) is 5.71. The number of ether oxygens (including phenoxy) is 1. The molecule has 1 aromatic carbocycles. The number of hydrogen-bond acceptors (Lipinski definition) is 4. The predicted octanol–water partition coefficient (Wildman–Crippen LogP) is 3.11. The van der Waals surface area contributed by atoms with Gasteiger partial charge in [-0.2, -0.15) is 0 Å². The van der Waals surface area contributed by atoms with Crippen molar-refractivity contribution in [2.24, 2.45) is 0 Å². The predicted molar refractivity (Wildman–Crippen MR) is 82.0 cm³/mol. The van der Waals surface area contributed by atoms with Crippen LogP contribution in [0.2, 0.25) is 0 Å². The Kier molecular flexibility index (Phi) is 5.31. The highest BCUT2D eigenvalue weighted by Crippen LogP contribution is 2.31. The van der Waals surface area contributed by atoms with Crippen LogP contribution in [-0.2, 0) is 4.74 Å². The molecule has 1 heterocycles. The fourth-order valence-corrected chi connectivity index (χ4v) is 3.28. The molecule has 1 saturated heterocycles. The van der Waals surface area contributed by atoms with Crippen molar-refractivity contribution in [1.82, 2.24) is 0 Å². The van der Waals surface area contributed by atoms with Gasteiger partial charge in [0.25, 0.3) is 0 Å². The van der Waals surface area contributed by atoms with Crippen LogP contribution in [-0.4, -0.2) is 43.1 Å². The van der Waals surface area contributed by atoms with Crippen molar-refractivity contribution in [2.45, 2.75) is 30.8 Å². The van der Waals surface area contributed by atoms with E-state index in [1.165, 1.54) is 11.8 Å². The third kappa shape index (κ3) is 3.27. The summed E-state index contributed by atoms with van der Waals surface area (Å²) in [5, 5.41) is 9.48. The van der Waals surface area contributed by atoms with Crippen molar-refractivity contribution < 1.29 is 14.6 Å². The van der Waals surface area contributed by atoms with Crippen LogP contribution in [0.25, 0.3) is 0 Å². The summed E-state index contributed by atoms with van der Waals surface area (Å²) in [5.41, 5.74) is 1.26. The standard InChI is InChI=1S/C15H21NO3S/c1-3-19-11-7-9-16(10-8-11)12-5-4-6-13(20-2)14(12)15(17)18/h4-6,11H,3,7-10H2,1-2H3,(H,17,18). The zero-order valence-electron chi connectivity index (χ0n) is 12.0. The minimum Gasteiger partial charge on any atom is -0.478 e. The molecule has 110 valence electrons. The Bertz CT molecular complexity index is 470. The van der Waals surface area contributed by atoms with Gasteiger partial charge in [-0.1, -0.05) is 6.07 Å². The molecule has 1 fully saturated rings. The van der Waals surface area contributed by atoms with E-state index in [0.717, 1.165) is 43.1 Å². The van der Waals surface area contributed by atoms with Crippen LogP contribution in [0.1, 0.15) is 30.1 Å². The largest absolute Gasteiger partial charge is 0.478 e. The van der Waals surface area contributed by atoms with E-state index in [4.69, 9.17) is 4.74 Å². The molecule has 2 rings (SSSR count). The van der Waals surface area contributed by atoms with Crippen LogP contribution in [0, 0.1) is 0 Å². The number of anilines is 1. The lowest BCUT2D eigenvalue weighted by molar-refractivity contribution is 0.0459. The van der Waals surface area contributed by atoms with Crippen LogP contribution in [0.3, 0.4) is 0 Å². The molecule has 1 aliphatic heterocycles. The molecule has 0 saturated carbocycles. The molecule has 1 aliphatic rings. The van der Waals surface area contributed by atoms with Gasteiger partial charge in [0.05, 0.1) is 17.4 Å². The van der Waals surface area contributed by atoms with E-state index in [0.29, 0.717) is 11.7 Å². The van der Waals surface area contributed by atoms with Gasteiger partial charge >= 0.3 is 5.97 Å². The zero-order valence-corrected chi connectivity index (χ0v) is 12.8. The highest BCUT2D eigenvalue weighted by molar-refractivity contribution is 7.98. The Balaban J connectivity index is 2.19. The molecular weight excluding hydrogens is 274 g/mol. The van der Waals surface area contributed by atoms with E-state index in [2.05, 4.69) is 4.90 Å². The molecule has 1 aromatic rings. The van der Waals surface area contributed by atoms with Crippen molar-refractivity contribution in [3.63, 3.8) is 0 Å². The summed E-state index contributed by atoms with van der Waals surface area (Å²) in [6.07, 6.45) is 4.13. The average Bonchev–Trinajstić information content (AvgIpc) is 2.47. The van der Waals surface area contributed by atoms with Crippen LogP contribution in [0.15, 0.2) is 23.1 Å². The fourth-order valence-electron chi connectivity index (χ4n) is 2.67. The number of benzene rings is 1. The average molecular weight is 295 g/mol. The molecule has 5 heteroatoms. The monoisotopic (exact) mass is 295 g/mol. The van der Waals surface area contributed by atoms with Gasteiger partial charge in [-0.3, -0.25) is 0 Å². The van der Waals surface area contributed by atoms with Gasteiger partial charge in [0.15, 0.2) is 0 Å². The van der Waals surface area contributed by atoms with Crippen molar-refractivity contribution in [1.29, 1.82) is 0 Å². The third-order valence-corrected chi connectivity index (χ3v) is 4.40. The molecule has 0 spiro atoms. The van der Waals surface area contributed by atoms with Gasteiger partial charge in [0.2, 0.25) is 0 Å². The minimum atomic E-state index is -0.850. The number of rotatable bonds is 5. The number of carboxylic acid groups (broad SMARTS) is 1. The maximum atomic E-state index is 11.5. The fraction of sp³-hybridized carbons (Fsp3) is 0.533. The van der Waals surface area contributed by atoms with Gasteiger partial charge in [0.1, 0.15) is 0 Å². The molecule has 0 unspecified atom stereocenters. The van der Waals surface area contributed by atoms with E-state index in [9.17, 15) is 9.90 Å². The van der Waals surface area contributed by atoms with Gasteiger partial charge in [-0.05, 0) is 38.2 Å². The summed E-state index contributed by atoms with van der Waals surface area (Å²) in [6.45, 7) is 4.45. The maximum Gasteiger partial charge on any atom is 0.338 e. The Hall–Kier alpha value is -1.20. The first-order valence-electron chi connectivity index (χ1n) is 6.94. The van der Waals surface area contributed by atoms with Crippen molar-refractivity contribution >= 4 is 23.4 Å². The number of carboxylic acids is 1. The van der Waals surface area contributed by atoms with Gasteiger partial charge in [0, 0.05) is 24.6 Å². The Morgan fingerprint density at radius 2 is 2.15 bits per heavy atom. The van der Waals surface area contributed by atoms with E-state index in [1.54, 1.807) is 0 Å². The number of carbonyl (C=O) groups is 1. The second-order valence-electron chi connectivity index (χ2n) is 4.80. The summed E-state index contributed by atoms with van der Waals surface area (Å²) in [5.74, 6) is -0.850. The molecule has 0 radical (unpaired) electrons. The normalized spacial score (nSPS) is 16.4. The van der Waals surface area contributed by atoms with Crippen LogP contribution >= 0.6 is 11.8 Å². The number of thioether (sulfide) groups is 1. The van der Waals surface area contributed by atoms with E-state index in [-0.39, 0.29) is 0 Å². The molecule has 0 aliphatic carbocycles. The summed E-state index contributed by atoms with van der Waals surface area (Å²) < 4.78 is 5.64. The molecule has 20 heavy (non-hydrogen) atoms. The number of hydrogen-bond donors (Lipinski definition) is 1. The summed E-state index contributed by atoms with van der Waals surface area (Å²) in [4.78, 5) is 14.5. The molecular formula is C15H21NO3S. The van der Waals surface area contributed by atoms with Crippen LogP contribution in [0.5, 0.6) is 0 Å². The van der Waals surface area contributed by atoms with Crippen molar-refractivity contribution in [3.8, 4) is 0 Å². The molecule has 0 amide bonds. The number of aromatic carboxylic acids is 1. The van der Waals surface area contributed by atoms with E-state index < -0.39 is 5.97 Å². The summed E-state index contributed by atoms with van der Waals surface area (Å²) in [7, 11) is 0. The third-order valence-electron chi connectivity index (χ3n) is 3.62. The lowest BCUT2D eigenvalue weighted by Gasteiger charge is -2.34. The molecule has 4 nitrogen and oxygen atoms in total. The quantitative estimate of drug-likeness (QED) is 0.846. The molecule has 0 bridgehead atoms. The SMILES string of the molecule is CCOC1CCN(c2cccc(SC)c2C(=O)O)CC1. The Morgan fingerprint density at radius 1 is 1.45 bits per heavy atom. The van der Waals surface area contributed by atoms with Crippen molar-refractivity contribution in [3.05, 3.63) is 23.8 Å². The number of piperidine rings is 1. The highest BCUT2D eigenvalue weighted by Gasteiger charge is 2.24. The smallest absolute Gasteiger partial charge is 0.338 e. The molecule has 1 N–H and O–H groups in total. The highest BCUT2D eigenvalue weighted by atomic mass is 32.2. The van der Waals surface area contributed by atoms with Crippen LogP contribution in [0.4, 0.5) is 5.69 Å². The second kappa shape index (κ2) is 6.99. The van der Waals surface area contributed by atoms with Gasteiger partial charge in [-0.15, -0.1) is 11.8 Å². The lowest BCUT2D eigenvalue weighted by Crippen LogP contribution is -2.37. The first-order chi connectivity index (χ1) is 9.67. The molecule has 0 atom stereocenters. The topological polar surface area (TPSA) is 49.8 Å². The Morgan fingerprint density at radius 3 is 2.70 bits per heavy atom. The number of nitrogens with zero attached hydrogens (tertiary/aromatic N) is 1. The van der Waals surface area contributed by atoms with Crippen LogP contribution < -0.4 is 4.90 Å². The first-order valence-corrected chi connectivity index (χ1v) is 8.16. The van der Waals surface area contributed by atoms with Crippen molar-refractivity contribution in [2.75, 3.05) is 30.9 Å². The van der Waals surface area contributed by atoms with E-state index >= 15 is 0 Å². The second-order valence-corrected chi connectivity index (χ2v) is 5.65.